The molecule has 0 aromatic carbocycles. The zero-order chi connectivity index (χ0) is 14.4. The molecule has 1 aliphatic carbocycles. The van der Waals surface area contributed by atoms with Crippen LogP contribution in [0.4, 0.5) is 0 Å². The highest BCUT2D eigenvalue weighted by Gasteiger charge is 2.29. The van der Waals surface area contributed by atoms with Gasteiger partial charge in [0.25, 0.3) is 0 Å². The van der Waals surface area contributed by atoms with Gasteiger partial charge in [0.2, 0.25) is 0 Å². The van der Waals surface area contributed by atoms with Crippen molar-refractivity contribution in [3.63, 3.8) is 0 Å². The summed E-state index contributed by atoms with van der Waals surface area (Å²) in [5.74, 6) is 1.72. The van der Waals surface area contributed by atoms with Gasteiger partial charge in [0.15, 0.2) is 0 Å². The Bertz CT molecular complexity index is 366. The zero-order valence-corrected chi connectivity index (χ0v) is 14.0. The molecule has 0 spiro atoms. The van der Waals surface area contributed by atoms with Crippen LogP contribution in [0.1, 0.15) is 45.2 Å². The van der Waals surface area contributed by atoms with Gasteiger partial charge in [-0.3, -0.25) is 0 Å². The molecular weight excluding hydrogens is 266 g/mol. The fraction of sp³-hybridized carbons (Fsp3) is 0.812. The predicted octanol–water partition coefficient (Wildman–Crippen LogP) is 3.38. The molecule has 20 heavy (non-hydrogen) atoms. The van der Waals surface area contributed by atoms with Gasteiger partial charge < -0.3 is 10.2 Å². The monoisotopic (exact) mass is 295 g/mol. The van der Waals surface area contributed by atoms with Crippen LogP contribution in [0.5, 0.6) is 0 Å². The first-order chi connectivity index (χ1) is 9.72. The molecule has 1 fully saturated rings. The molecule has 1 aliphatic rings. The second-order valence-corrected chi connectivity index (χ2v) is 6.91. The molecule has 1 N–H and O–H groups in total. The number of hydrogen-bond donors (Lipinski definition) is 1. The van der Waals surface area contributed by atoms with Crippen molar-refractivity contribution in [2.24, 2.45) is 11.8 Å². The lowest BCUT2D eigenvalue weighted by molar-refractivity contribution is 0.149. The van der Waals surface area contributed by atoms with Gasteiger partial charge >= 0.3 is 0 Å². The largest absolute Gasteiger partial charge is 0.314 e. The Kier molecular flexibility index (Phi) is 6.46. The van der Waals surface area contributed by atoms with Gasteiger partial charge in [0, 0.05) is 24.5 Å². The number of rotatable bonds is 7. The maximum Gasteiger partial charge on any atom is 0.0795 e. The van der Waals surface area contributed by atoms with Gasteiger partial charge in [-0.1, -0.05) is 20.3 Å². The summed E-state index contributed by atoms with van der Waals surface area (Å²) in [5, 5.41) is 5.86. The topological polar surface area (TPSA) is 28.2 Å². The molecule has 2 rings (SSSR count). The Labute approximate surface area is 127 Å². The summed E-state index contributed by atoms with van der Waals surface area (Å²) in [6, 6.07) is 0.709. The Balaban J connectivity index is 1.88. The highest BCUT2D eigenvalue weighted by atomic mass is 32.1. The Morgan fingerprint density at radius 1 is 1.40 bits per heavy atom. The minimum Gasteiger partial charge on any atom is -0.314 e. The zero-order valence-electron chi connectivity index (χ0n) is 13.1. The van der Waals surface area contributed by atoms with Crippen molar-refractivity contribution in [1.82, 2.24) is 15.2 Å². The van der Waals surface area contributed by atoms with E-state index in [9.17, 15) is 0 Å². The lowest BCUT2D eigenvalue weighted by Crippen LogP contribution is -2.45. The Hall–Kier alpha value is -0.450. The van der Waals surface area contributed by atoms with Crippen LogP contribution in [0.15, 0.2) is 10.9 Å². The second-order valence-electron chi connectivity index (χ2n) is 6.19. The molecule has 4 heteroatoms. The molecule has 1 aromatic heterocycles. The van der Waals surface area contributed by atoms with E-state index in [0.717, 1.165) is 24.9 Å². The van der Waals surface area contributed by atoms with Crippen molar-refractivity contribution in [1.29, 1.82) is 0 Å². The van der Waals surface area contributed by atoms with Gasteiger partial charge in [0.1, 0.15) is 0 Å². The first kappa shape index (κ1) is 15.9. The summed E-state index contributed by atoms with van der Waals surface area (Å²) >= 11 is 1.69. The van der Waals surface area contributed by atoms with Gasteiger partial charge in [-0.05, 0) is 44.7 Å². The second kappa shape index (κ2) is 8.11. The third-order valence-electron chi connectivity index (χ3n) is 4.60. The van der Waals surface area contributed by atoms with Crippen LogP contribution in [0.25, 0.3) is 0 Å². The molecule has 3 atom stereocenters. The quantitative estimate of drug-likeness (QED) is 0.836. The van der Waals surface area contributed by atoms with Crippen molar-refractivity contribution < 1.29 is 0 Å². The smallest absolute Gasteiger partial charge is 0.0795 e. The molecule has 114 valence electrons. The van der Waals surface area contributed by atoms with Crippen LogP contribution < -0.4 is 5.32 Å². The van der Waals surface area contributed by atoms with Gasteiger partial charge in [-0.15, -0.1) is 11.3 Å². The standard InChI is InChI=1S/C16H29N3S/c1-4-13-6-7-16(17-5-2)14(8-13)9-19(3)10-15-11-20-12-18-15/h11-14,16-17H,4-10H2,1-3H3. The maximum absolute atomic E-state index is 4.40. The van der Waals surface area contributed by atoms with Crippen molar-refractivity contribution >= 4 is 11.3 Å². The van der Waals surface area contributed by atoms with E-state index in [-0.39, 0.29) is 0 Å². The maximum atomic E-state index is 4.40. The molecule has 3 nitrogen and oxygen atoms in total. The number of aromatic nitrogens is 1. The molecule has 0 aliphatic heterocycles. The fourth-order valence-electron chi connectivity index (χ4n) is 3.52. The lowest BCUT2D eigenvalue weighted by Gasteiger charge is -2.38. The molecule has 1 saturated carbocycles. The number of nitrogens with one attached hydrogen (secondary N) is 1. The van der Waals surface area contributed by atoms with Crippen molar-refractivity contribution in [3.8, 4) is 0 Å². The molecule has 1 heterocycles. The first-order valence-corrected chi connectivity index (χ1v) is 8.96. The molecule has 1 aromatic rings. The third-order valence-corrected chi connectivity index (χ3v) is 5.23. The van der Waals surface area contributed by atoms with Gasteiger partial charge in [0.05, 0.1) is 11.2 Å². The normalized spacial score (nSPS) is 27.1. The predicted molar refractivity (Wildman–Crippen MR) is 87.0 cm³/mol. The lowest BCUT2D eigenvalue weighted by atomic mass is 9.76. The van der Waals surface area contributed by atoms with E-state index in [1.54, 1.807) is 11.3 Å². The SMILES string of the molecule is CCNC1CCC(CC)CC1CN(C)Cc1cscn1. The van der Waals surface area contributed by atoms with E-state index in [1.165, 1.54) is 37.9 Å². The van der Waals surface area contributed by atoms with Gasteiger partial charge in [-0.25, -0.2) is 4.98 Å². The summed E-state index contributed by atoms with van der Waals surface area (Å²) in [5.41, 5.74) is 3.14. The minimum absolute atomic E-state index is 0.709. The van der Waals surface area contributed by atoms with E-state index in [1.807, 2.05) is 5.51 Å². The van der Waals surface area contributed by atoms with Crippen molar-refractivity contribution in [2.75, 3.05) is 20.1 Å². The average Bonchev–Trinajstić information content (AvgIpc) is 2.93. The summed E-state index contributed by atoms with van der Waals surface area (Å²) in [6.07, 6.45) is 5.47. The third kappa shape index (κ3) is 4.54. The molecular formula is C16H29N3S. The number of nitrogens with zero attached hydrogens (tertiary/aromatic N) is 2. The minimum atomic E-state index is 0.709. The van der Waals surface area contributed by atoms with Crippen LogP contribution in [-0.2, 0) is 6.54 Å². The van der Waals surface area contributed by atoms with Crippen molar-refractivity contribution in [2.45, 2.75) is 52.1 Å². The van der Waals surface area contributed by atoms with E-state index < -0.39 is 0 Å². The van der Waals surface area contributed by atoms with E-state index in [0.29, 0.717) is 6.04 Å². The molecule has 0 saturated heterocycles. The van der Waals surface area contributed by atoms with Crippen molar-refractivity contribution in [3.05, 3.63) is 16.6 Å². The van der Waals surface area contributed by atoms with Crippen LogP contribution in [-0.4, -0.2) is 36.1 Å². The van der Waals surface area contributed by atoms with Crippen LogP contribution in [0, 0.1) is 11.8 Å². The Morgan fingerprint density at radius 3 is 2.90 bits per heavy atom. The molecule has 3 unspecified atom stereocenters. The molecule has 0 radical (unpaired) electrons. The highest BCUT2D eigenvalue weighted by molar-refractivity contribution is 7.07. The first-order valence-electron chi connectivity index (χ1n) is 8.01. The van der Waals surface area contributed by atoms with Gasteiger partial charge in [-0.2, -0.15) is 0 Å². The number of thiazole rings is 1. The highest BCUT2D eigenvalue weighted by Crippen LogP contribution is 2.32. The molecule has 0 amide bonds. The summed E-state index contributed by atoms with van der Waals surface area (Å²) in [4.78, 5) is 6.84. The van der Waals surface area contributed by atoms with Crippen LogP contribution in [0.3, 0.4) is 0 Å². The average molecular weight is 295 g/mol. The summed E-state index contributed by atoms with van der Waals surface area (Å²) in [6.45, 7) is 7.82. The van der Waals surface area contributed by atoms with E-state index >= 15 is 0 Å². The van der Waals surface area contributed by atoms with Crippen LogP contribution >= 0.6 is 11.3 Å². The van der Waals surface area contributed by atoms with E-state index in [4.69, 9.17) is 0 Å². The van der Waals surface area contributed by atoms with Crippen LogP contribution in [0.2, 0.25) is 0 Å². The Morgan fingerprint density at radius 2 is 2.25 bits per heavy atom. The fourth-order valence-corrected chi connectivity index (χ4v) is 4.07. The summed E-state index contributed by atoms with van der Waals surface area (Å²) < 4.78 is 0. The summed E-state index contributed by atoms with van der Waals surface area (Å²) in [7, 11) is 2.23. The number of hydrogen-bond acceptors (Lipinski definition) is 4. The van der Waals surface area contributed by atoms with E-state index in [2.05, 4.69) is 41.5 Å². The molecule has 0 bridgehead atoms.